The van der Waals surface area contributed by atoms with Gasteiger partial charge in [0, 0.05) is 32.7 Å². The van der Waals surface area contributed by atoms with E-state index in [1.165, 1.54) is 4.31 Å². The smallest absolute Gasteiger partial charge is 0.279 e. The molecule has 0 aromatic carbocycles. The summed E-state index contributed by atoms with van der Waals surface area (Å²) in [5.74, 6) is 0. The summed E-state index contributed by atoms with van der Waals surface area (Å²) in [5, 5.41) is 10.2. The van der Waals surface area contributed by atoms with Crippen LogP contribution in [0.2, 0.25) is 0 Å². The highest BCUT2D eigenvalue weighted by Gasteiger charge is 2.40. The predicted octanol–water partition coefficient (Wildman–Crippen LogP) is -1.31. The number of hydrogen-bond donors (Lipinski definition) is 2. The summed E-state index contributed by atoms with van der Waals surface area (Å²) in [7, 11) is -3.54. The molecule has 2 aliphatic heterocycles. The Kier molecular flexibility index (Phi) is 4.25. The van der Waals surface area contributed by atoms with Gasteiger partial charge >= 0.3 is 0 Å². The minimum atomic E-state index is -3.54. The Morgan fingerprint density at radius 3 is 2.61 bits per heavy atom. The SMILES string of the molecule is CC1OCCC1(O)CNS(=O)(=O)N1CCOCC1. The van der Waals surface area contributed by atoms with E-state index in [0.29, 0.717) is 39.3 Å². The Bertz CT molecular complexity index is 382. The van der Waals surface area contributed by atoms with Crippen LogP contribution in [0.3, 0.4) is 0 Å². The Morgan fingerprint density at radius 1 is 1.39 bits per heavy atom. The third kappa shape index (κ3) is 3.01. The topological polar surface area (TPSA) is 88.1 Å². The molecule has 106 valence electrons. The molecule has 2 atom stereocenters. The molecule has 7 nitrogen and oxygen atoms in total. The average molecular weight is 280 g/mol. The molecule has 8 heteroatoms. The molecule has 0 aromatic heterocycles. The highest BCUT2D eigenvalue weighted by atomic mass is 32.2. The largest absolute Gasteiger partial charge is 0.386 e. The fraction of sp³-hybridized carbons (Fsp3) is 1.00. The van der Waals surface area contributed by atoms with Crippen LogP contribution in [-0.2, 0) is 19.7 Å². The molecule has 2 fully saturated rings. The molecule has 2 heterocycles. The maximum Gasteiger partial charge on any atom is 0.279 e. The van der Waals surface area contributed by atoms with Gasteiger partial charge < -0.3 is 14.6 Å². The van der Waals surface area contributed by atoms with Crippen molar-refractivity contribution < 1.29 is 23.0 Å². The molecular weight excluding hydrogens is 260 g/mol. The van der Waals surface area contributed by atoms with Crippen LogP contribution in [0, 0.1) is 0 Å². The minimum absolute atomic E-state index is 0.0200. The van der Waals surface area contributed by atoms with E-state index in [1.807, 2.05) is 0 Å². The van der Waals surface area contributed by atoms with E-state index in [-0.39, 0.29) is 12.6 Å². The van der Waals surface area contributed by atoms with Crippen molar-refractivity contribution in [3.63, 3.8) is 0 Å². The lowest BCUT2D eigenvalue weighted by molar-refractivity contribution is -0.0232. The van der Waals surface area contributed by atoms with Crippen molar-refractivity contribution in [3.8, 4) is 0 Å². The molecule has 0 aromatic rings. The van der Waals surface area contributed by atoms with E-state index in [2.05, 4.69) is 4.72 Å². The maximum absolute atomic E-state index is 12.0. The quantitative estimate of drug-likeness (QED) is 0.668. The number of rotatable bonds is 4. The van der Waals surface area contributed by atoms with Gasteiger partial charge in [-0.15, -0.1) is 0 Å². The first kappa shape index (κ1) is 14.2. The van der Waals surface area contributed by atoms with Crippen molar-refractivity contribution in [2.24, 2.45) is 0 Å². The summed E-state index contributed by atoms with van der Waals surface area (Å²) in [6.07, 6.45) is 0.0877. The zero-order valence-corrected chi connectivity index (χ0v) is 11.3. The average Bonchev–Trinajstić information content (AvgIpc) is 2.69. The van der Waals surface area contributed by atoms with Gasteiger partial charge in [-0.05, 0) is 6.92 Å². The van der Waals surface area contributed by atoms with E-state index in [0.717, 1.165) is 0 Å². The van der Waals surface area contributed by atoms with Gasteiger partial charge in [0.15, 0.2) is 0 Å². The molecule has 2 saturated heterocycles. The van der Waals surface area contributed by atoms with Crippen LogP contribution in [0.25, 0.3) is 0 Å². The number of morpholine rings is 1. The zero-order valence-electron chi connectivity index (χ0n) is 10.5. The highest BCUT2D eigenvalue weighted by molar-refractivity contribution is 7.87. The summed E-state index contributed by atoms with van der Waals surface area (Å²) >= 11 is 0. The second-order valence-corrected chi connectivity index (χ2v) is 6.46. The minimum Gasteiger partial charge on any atom is -0.386 e. The third-order valence-corrected chi connectivity index (χ3v) is 5.08. The first-order chi connectivity index (χ1) is 8.44. The van der Waals surface area contributed by atoms with Crippen molar-refractivity contribution in [3.05, 3.63) is 0 Å². The highest BCUT2D eigenvalue weighted by Crippen LogP contribution is 2.25. The van der Waals surface area contributed by atoms with Gasteiger partial charge in [-0.2, -0.15) is 17.4 Å². The lowest BCUT2D eigenvalue weighted by Crippen LogP contribution is -2.52. The maximum atomic E-state index is 12.0. The van der Waals surface area contributed by atoms with Crippen LogP contribution in [0.1, 0.15) is 13.3 Å². The van der Waals surface area contributed by atoms with Gasteiger partial charge in [-0.1, -0.05) is 0 Å². The molecule has 2 rings (SSSR count). The van der Waals surface area contributed by atoms with Gasteiger partial charge in [-0.3, -0.25) is 0 Å². The van der Waals surface area contributed by atoms with Gasteiger partial charge in [0.05, 0.1) is 19.3 Å². The predicted molar refractivity (Wildman–Crippen MR) is 64.3 cm³/mol. The molecule has 0 amide bonds. The van der Waals surface area contributed by atoms with Crippen LogP contribution >= 0.6 is 0 Å². The van der Waals surface area contributed by atoms with Crippen molar-refractivity contribution in [1.29, 1.82) is 0 Å². The van der Waals surface area contributed by atoms with Crippen molar-refractivity contribution in [1.82, 2.24) is 9.03 Å². The Morgan fingerprint density at radius 2 is 2.06 bits per heavy atom. The first-order valence-electron chi connectivity index (χ1n) is 6.10. The standard InChI is InChI=1S/C10H20N2O5S/c1-9-10(13,2-5-17-9)8-11-18(14,15)12-3-6-16-7-4-12/h9,11,13H,2-8H2,1H3. The summed E-state index contributed by atoms with van der Waals surface area (Å²) in [4.78, 5) is 0. The van der Waals surface area contributed by atoms with Gasteiger partial charge in [-0.25, -0.2) is 0 Å². The molecular formula is C10H20N2O5S. The van der Waals surface area contributed by atoms with Crippen molar-refractivity contribution in [2.45, 2.75) is 25.0 Å². The lowest BCUT2D eigenvalue weighted by atomic mass is 9.97. The second-order valence-electron chi connectivity index (χ2n) is 4.70. The van der Waals surface area contributed by atoms with Crippen molar-refractivity contribution in [2.75, 3.05) is 39.5 Å². The molecule has 2 N–H and O–H groups in total. The second kappa shape index (κ2) is 5.40. The fourth-order valence-electron chi connectivity index (χ4n) is 2.10. The lowest BCUT2D eigenvalue weighted by Gasteiger charge is -2.30. The summed E-state index contributed by atoms with van der Waals surface area (Å²) in [6, 6.07) is 0. The summed E-state index contributed by atoms with van der Waals surface area (Å²) < 4.78 is 38.2. The molecule has 2 aliphatic rings. The van der Waals surface area contributed by atoms with Gasteiger partial charge in [0.2, 0.25) is 0 Å². The summed E-state index contributed by atoms with van der Waals surface area (Å²) in [6.45, 7) is 3.69. The van der Waals surface area contributed by atoms with Crippen LogP contribution in [0.5, 0.6) is 0 Å². The Labute approximate surface area is 107 Å². The Balaban J connectivity index is 1.92. The van der Waals surface area contributed by atoms with Gasteiger partial charge in [0.25, 0.3) is 10.2 Å². The molecule has 18 heavy (non-hydrogen) atoms. The molecule has 0 spiro atoms. The molecule has 2 unspecified atom stereocenters. The van der Waals surface area contributed by atoms with Crippen molar-refractivity contribution >= 4 is 10.2 Å². The van der Waals surface area contributed by atoms with Crippen LogP contribution < -0.4 is 4.72 Å². The number of ether oxygens (including phenoxy) is 2. The van der Waals surface area contributed by atoms with E-state index < -0.39 is 15.8 Å². The first-order valence-corrected chi connectivity index (χ1v) is 7.54. The van der Waals surface area contributed by atoms with Crippen LogP contribution in [-0.4, -0.2) is 69.0 Å². The van der Waals surface area contributed by atoms with Crippen LogP contribution in [0.4, 0.5) is 0 Å². The molecule has 0 radical (unpaired) electrons. The van der Waals surface area contributed by atoms with Crippen LogP contribution in [0.15, 0.2) is 0 Å². The Hall–Kier alpha value is -0.250. The zero-order chi connectivity index (χ0) is 13.2. The van der Waals surface area contributed by atoms with E-state index in [9.17, 15) is 13.5 Å². The summed E-state index contributed by atoms with van der Waals surface area (Å²) in [5.41, 5.74) is -1.11. The normalized spacial score (nSPS) is 34.9. The third-order valence-electron chi connectivity index (χ3n) is 3.53. The number of hydrogen-bond acceptors (Lipinski definition) is 5. The molecule has 0 bridgehead atoms. The van der Waals surface area contributed by atoms with E-state index in [1.54, 1.807) is 6.92 Å². The van der Waals surface area contributed by atoms with E-state index >= 15 is 0 Å². The number of nitrogens with zero attached hydrogens (tertiary/aromatic N) is 1. The molecule has 0 saturated carbocycles. The number of aliphatic hydroxyl groups is 1. The monoisotopic (exact) mass is 280 g/mol. The molecule has 0 aliphatic carbocycles. The van der Waals surface area contributed by atoms with Gasteiger partial charge in [0.1, 0.15) is 5.60 Å². The van der Waals surface area contributed by atoms with E-state index in [4.69, 9.17) is 9.47 Å². The number of nitrogens with one attached hydrogen (secondary N) is 1. The fourth-order valence-corrected chi connectivity index (χ4v) is 3.34.